The van der Waals surface area contributed by atoms with E-state index >= 15 is 0 Å². The summed E-state index contributed by atoms with van der Waals surface area (Å²) in [5, 5.41) is 9.82. The number of pyridine rings is 1. The zero-order valence-corrected chi connectivity index (χ0v) is 10.4. The van der Waals surface area contributed by atoms with Gasteiger partial charge in [0.2, 0.25) is 5.89 Å². The molecule has 0 bridgehead atoms. The van der Waals surface area contributed by atoms with Gasteiger partial charge in [-0.15, -0.1) is 0 Å². The molecule has 0 unspecified atom stereocenters. The van der Waals surface area contributed by atoms with E-state index in [1.54, 1.807) is 18.0 Å². The van der Waals surface area contributed by atoms with Crippen molar-refractivity contribution < 1.29 is 9.52 Å². The van der Waals surface area contributed by atoms with Crippen molar-refractivity contribution in [1.82, 2.24) is 9.97 Å². The molecule has 4 nitrogen and oxygen atoms in total. The summed E-state index contributed by atoms with van der Waals surface area (Å²) in [7, 11) is 0. The average Bonchev–Trinajstić information content (AvgIpc) is 2.70. The van der Waals surface area contributed by atoms with Crippen LogP contribution in [0, 0.1) is 6.92 Å². The van der Waals surface area contributed by atoms with Crippen molar-refractivity contribution in [3.8, 4) is 0 Å². The van der Waals surface area contributed by atoms with Gasteiger partial charge in [-0.1, -0.05) is 17.8 Å². The minimum Gasteiger partial charge on any atom is -0.445 e. The Morgan fingerprint density at radius 1 is 1.41 bits per heavy atom. The highest BCUT2D eigenvalue weighted by atomic mass is 32.2. The Morgan fingerprint density at radius 2 is 2.29 bits per heavy atom. The molecule has 2 aromatic heterocycles. The van der Waals surface area contributed by atoms with Crippen molar-refractivity contribution in [2.75, 3.05) is 6.61 Å². The maximum atomic E-state index is 8.86. The lowest BCUT2D eigenvalue weighted by Crippen LogP contribution is -1.93. The van der Waals surface area contributed by atoms with Crippen LogP contribution in [-0.2, 0) is 12.2 Å². The fourth-order valence-corrected chi connectivity index (χ4v) is 2.16. The molecule has 0 radical (unpaired) electrons. The lowest BCUT2D eigenvalue weighted by atomic mass is 10.3. The normalized spacial score (nSPS) is 10.7. The van der Waals surface area contributed by atoms with Crippen LogP contribution in [-0.4, -0.2) is 21.7 Å². The van der Waals surface area contributed by atoms with Crippen LogP contribution in [0.25, 0.3) is 0 Å². The van der Waals surface area contributed by atoms with Gasteiger partial charge in [0.25, 0.3) is 0 Å². The lowest BCUT2D eigenvalue weighted by Gasteiger charge is -1.95. The van der Waals surface area contributed by atoms with Crippen molar-refractivity contribution in [3.05, 3.63) is 41.7 Å². The number of thioether (sulfide) groups is 1. The molecule has 0 saturated carbocycles. The van der Waals surface area contributed by atoms with E-state index in [9.17, 15) is 0 Å². The van der Waals surface area contributed by atoms with Crippen LogP contribution in [0.4, 0.5) is 0 Å². The van der Waals surface area contributed by atoms with Crippen molar-refractivity contribution in [1.29, 1.82) is 0 Å². The lowest BCUT2D eigenvalue weighted by molar-refractivity contribution is 0.297. The van der Waals surface area contributed by atoms with Gasteiger partial charge in [-0.3, -0.25) is 0 Å². The second-order valence-corrected chi connectivity index (χ2v) is 4.54. The molecule has 2 aromatic rings. The van der Waals surface area contributed by atoms with Crippen molar-refractivity contribution in [3.63, 3.8) is 0 Å². The Kier molecular flexibility index (Phi) is 4.17. The summed E-state index contributed by atoms with van der Waals surface area (Å²) >= 11 is 1.58. The number of aliphatic hydroxyl groups excluding tert-OH is 1. The summed E-state index contributed by atoms with van der Waals surface area (Å²) in [4.78, 5) is 8.55. The molecule has 0 fully saturated rings. The van der Waals surface area contributed by atoms with E-state index in [2.05, 4.69) is 9.97 Å². The summed E-state index contributed by atoms with van der Waals surface area (Å²) in [5.74, 6) is 2.13. The van der Waals surface area contributed by atoms with Crippen LogP contribution in [0.15, 0.2) is 33.8 Å². The number of hydrogen-bond acceptors (Lipinski definition) is 5. The molecule has 0 aliphatic heterocycles. The predicted octanol–water partition coefficient (Wildman–Crippen LogP) is 2.21. The third-order valence-electron chi connectivity index (χ3n) is 2.27. The fourth-order valence-electron chi connectivity index (χ4n) is 1.46. The second kappa shape index (κ2) is 5.84. The van der Waals surface area contributed by atoms with E-state index in [0.717, 1.165) is 16.5 Å². The van der Waals surface area contributed by atoms with Gasteiger partial charge in [-0.25, -0.2) is 9.97 Å². The molecule has 0 atom stereocenters. The zero-order chi connectivity index (χ0) is 12.1. The summed E-state index contributed by atoms with van der Waals surface area (Å²) in [5.41, 5.74) is 0.837. The highest BCUT2D eigenvalue weighted by Crippen LogP contribution is 2.21. The molecule has 0 aromatic carbocycles. The van der Waals surface area contributed by atoms with Crippen molar-refractivity contribution in [2.24, 2.45) is 0 Å². The largest absolute Gasteiger partial charge is 0.445 e. The number of oxazole rings is 1. The molecule has 17 heavy (non-hydrogen) atoms. The van der Waals surface area contributed by atoms with Crippen LogP contribution in [0.2, 0.25) is 0 Å². The first-order valence-corrected chi connectivity index (χ1v) is 6.38. The van der Waals surface area contributed by atoms with Gasteiger partial charge < -0.3 is 9.52 Å². The number of nitrogens with zero attached hydrogens (tertiary/aromatic N) is 2. The average molecular weight is 250 g/mol. The summed E-state index contributed by atoms with van der Waals surface area (Å²) in [6, 6.07) is 5.79. The molecule has 2 rings (SSSR count). The molecule has 0 amide bonds. The standard InChI is InChI=1S/C12H14N2O2S/c1-9-10(5-7-15)14-11(16-9)8-17-12-4-2-3-6-13-12/h2-4,6,15H,5,7-8H2,1H3. The molecule has 0 saturated heterocycles. The highest BCUT2D eigenvalue weighted by molar-refractivity contribution is 7.98. The minimum absolute atomic E-state index is 0.0974. The Labute approximate surface area is 104 Å². The summed E-state index contributed by atoms with van der Waals surface area (Å²) in [6.07, 6.45) is 2.31. The molecule has 0 spiro atoms. The van der Waals surface area contributed by atoms with Crippen LogP contribution in [0.1, 0.15) is 17.3 Å². The SMILES string of the molecule is Cc1oc(CSc2ccccn2)nc1CCO. The number of aliphatic hydroxyl groups is 1. The fraction of sp³-hybridized carbons (Fsp3) is 0.333. The van der Waals surface area contributed by atoms with Crippen LogP contribution < -0.4 is 0 Å². The molecule has 5 heteroatoms. The van der Waals surface area contributed by atoms with Gasteiger partial charge in [0, 0.05) is 19.2 Å². The third kappa shape index (κ3) is 3.31. The van der Waals surface area contributed by atoms with E-state index in [1.165, 1.54) is 0 Å². The smallest absolute Gasteiger partial charge is 0.205 e. The van der Waals surface area contributed by atoms with Gasteiger partial charge in [0.1, 0.15) is 5.76 Å². The highest BCUT2D eigenvalue weighted by Gasteiger charge is 2.09. The summed E-state index contributed by atoms with van der Waals surface area (Å²) in [6.45, 7) is 1.97. The molecule has 90 valence electrons. The topological polar surface area (TPSA) is 59.2 Å². The maximum absolute atomic E-state index is 8.86. The van der Waals surface area contributed by atoms with Crippen molar-refractivity contribution in [2.45, 2.75) is 24.1 Å². The molecule has 1 N–H and O–H groups in total. The van der Waals surface area contributed by atoms with Gasteiger partial charge in [-0.05, 0) is 19.1 Å². The number of rotatable bonds is 5. The molecule has 0 aliphatic rings. The first kappa shape index (κ1) is 12.1. The predicted molar refractivity (Wildman–Crippen MR) is 65.8 cm³/mol. The van der Waals surface area contributed by atoms with Gasteiger partial charge >= 0.3 is 0 Å². The molecule has 0 aliphatic carbocycles. The second-order valence-electron chi connectivity index (χ2n) is 3.54. The quantitative estimate of drug-likeness (QED) is 0.824. The first-order chi connectivity index (χ1) is 8.29. The Morgan fingerprint density at radius 3 is 3.00 bits per heavy atom. The maximum Gasteiger partial charge on any atom is 0.205 e. The minimum atomic E-state index is 0.0974. The zero-order valence-electron chi connectivity index (χ0n) is 9.59. The molecule has 2 heterocycles. The van der Waals surface area contributed by atoms with Gasteiger partial charge in [0.05, 0.1) is 16.5 Å². The van der Waals surface area contributed by atoms with E-state index in [4.69, 9.17) is 9.52 Å². The number of aromatic nitrogens is 2. The Balaban J connectivity index is 1.97. The van der Waals surface area contributed by atoms with E-state index in [0.29, 0.717) is 18.1 Å². The van der Waals surface area contributed by atoms with E-state index in [-0.39, 0.29) is 6.61 Å². The van der Waals surface area contributed by atoms with Crippen molar-refractivity contribution >= 4 is 11.8 Å². The molecular formula is C12H14N2O2S. The van der Waals surface area contributed by atoms with E-state index in [1.807, 2.05) is 25.1 Å². The van der Waals surface area contributed by atoms with Crippen LogP contribution in [0.3, 0.4) is 0 Å². The molecular weight excluding hydrogens is 236 g/mol. The van der Waals surface area contributed by atoms with Crippen LogP contribution in [0.5, 0.6) is 0 Å². The Hall–Kier alpha value is -1.33. The third-order valence-corrected chi connectivity index (χ3v) is 3.20. The van der Waals surface area contributed by atoms with E-state index < -0.39 is 0 Å². The first-order valence-electron chi connectivity index (χ1n) is 5.39. The number of hydrogen-bond donors (Lipinski definition) is 1. The number of aryl methyl sites for hydroxylation is 1. The summed E-state index contributed by atoms with van der Waals surface area (Å²) < 4.78 is 5.52. The van der Waals surface area contributed by atoms with Gasteiger partial charge in [0.15, 0.2) is 0 Å². The van der Waals surface area contributed by atoms with Crippen LogP contribution >= 0.6 is 11.8 Å². The monoisotopic (exact) mass is 250 g/mol. The Bertz CT molecular complexity index is 471. The van der Waals surface area contributed by atoms with Gasteiger partial charge in [-0.2, -0.15) is 0 Å².